The topological polar surface area (TPSA) is 51.0 Å². The standard InChI is InChI=1S/C14H22N4O/c1-11(19)12-6-2-4-8-17(12)10-14-16-15-13-7-3-5-9-18(13)14/h12H,2-10H2,1H3. The second-order valence-corrected chi connectivity index (χ2v) is 5.73. The van der Waals surface area contributed by atoms with Gasteiger partial charge in [0.25, 0.3) is 0 Å². The maximum Gasteiger partial charge on any atom is 0.147 e. The van der Waals surface area contributed by atoms with Crippen LogP contribution >= 0.6 is 0 Å². The minimum Gasteiger partial charge on any atom is -0.314 e. The molecule has 0 aromatic carbocycles. The lowest BCUT2D eigenvalue weighted by atomic mass is 9.99. The van der Waals surface area contributed by atoms with Crippen LogP contribution in [0.5, 0.6) is 0 Å². The van der Waals surface area contributed by atoms with E-state index in [1.807, 2.05) is 0 Å². The molecular weight excluding hydrogens is 240 g/mol. The fraction of sp³-hybridized carbons (Fsp3) is 0.786. The molecule has 2 aliphatic heterocycles. The first-order valence-electron chi connectivity index (χ1n) is 7.41. The third kappa shape index (κ3) is 2.56. The van der Waals surface area contributed by atoms with Crippen LogP contribution in [0.2, 0.25) is 0 Å². The molecule has 3 rings (SSSR count). The summed E-state index contributed by atoms with van der Waals surface area (Å²) in [5.74, 6) is 2.46. The first-order chi connectivity index (χ1) is 9.25. The monoisotopic (exact) mass is 262 g/mol. The lowest BCUT2D eigenvalue weighted by Crippen LogP contribution is -2.43. The van der Waals surface area contributed by atoms with Gasteiger partial charge in [-0.2, -0.15) is 0 Å². The Balaban J connectivity index is 1.76. The Bertz CT molecular complexity index is 468. The van der Waals surface area contributed by atoms with Crippen molar-refractivity contribution in [2.75, 3.05) is 6.54 Å². The Morgan fingerprint density at radius 3 is 2.89 bits per heavy atom. The summed E-state index contributed by atoms with van der Waals surface area (Å²) < 4.78 is 2.26. The fourth-order valence-corrected chi connectivity index (χ4v) is 3.31. The van der Waals surface area contributed by atoms with Crippen molar-refractivity contribution >= 4 is 5.78 Å². The molecule has 0 amide bonds. The van der Waals surface area contributed by atoms with Gasteiger partial charge in [0.1, 0.15) is 17.4 Å². The highest BCUT2D eigenvalue weighted by Crippen LogP contribution is 2.21. The molecule has 1 fully saturated rings. The molecule has 0 radical (unpaired) electrons. The Morgan fingerprint density at radius 2 is 2.05 bits per heavy atom. The van der Waals surface area contributed by atoms with E-state index in [2.05, 4.69) is 19.7 Å². The summed E-state index contributed by atoms with van der Waals surface area (Å²) in [4.78, 5) is 14.0. The van der Waals surface area contributed by atoms with Gasteiger partial charge in [0.2, 0.25) is 0 Å². The number of hydrogen-bond acceptors (Lipinski definition) is 4. The highest BCUT2D eigenvalue weighted by atomic mass is 16.1. The van der Waals surface area contributed by atoms with Crippen molar-refractivity contribution in [1.82, 2.24) is 19.7 Å². The molecule has 1 atom stereocenters. The molecule has 0 bridgehead atoms. The first kappa shape index (κ1) is 12.8. The number of fused-ring (bicyclic) bond motifs is 1. The van der Waals surface area contributed by atoms with Gasteiger partial charge in [0.05, 0.1) is 12.6 Å². The minimum absolute atomic E-state index is 0.0882. The number of aromatic nitrogens is 3. The lowest BCUT2D eigenvalue weighted by Gasteiger charge is -2.33. The van der Waals surface area contributed by atoms with Gasteiger partial charge in [0.15, 0.2) is 0 Å². The third-order valence-electron chi connectivity index (χ3n) is 4.36. The zero-order valence-corrected chi connectivity index (χ0v) is 11.6. The van der Waals surface area contributed by atoms with Crippen LogP contribution in [-0.4, -0.2) is 38.0 Å². The molecule has 5 heteroatoms. The number of carbonyl (C=O) groups excluding carboxylic acids is 1. The van der Waals surface area contributed by atoms with Crippen molar-refractivity contribution in [2.24, 2.45) is 0 Å². The number of nitrogens with zero attached hydrogens (tertiary/aromatic N) is 4. The van der Waals surface area contributed by atoms with E-state index in [1.165, 1.54) is 25.7 Å². The molecule has 1 aromatic rings. The van der Waals surface area contributed by atoms with E-state index >= 15 is 0 Å². The van der Waals surface area contributed by atoms with E-state index in [9.17, 15) is 4.79 Å². The van der Waals surface area contributed by atoms with Crippen molar-refractivity contribution in [3.05, 3.63) is 11.6 Å². The molecule has 5 nitrogen and oxygen atoms in total. The summed E-state index contributed by atoms with van der Waals surface area (Å²) in [7, 11) is 0. The number of piperidine rings is 1. The van der Waals surface area contributed by atoms with Crippen LogP contribution in [0.3, 0.4) is 0 Å². The smallest absolute Gasteiger partial charge is 0.147 e. The molecular formula is C14H22N4O. The van der Waals surface area contributed by atoms with Gasteiger partial charge in [-0.15, -0.1) is 10.2 Å². The van der Waals surface area contributed by atoms with E-state index in [0.29, 0.717) is 0 Å². The summed E-state index contributed by atoms with van der Waals surface area (Å²) >= 11 is 0. The van der Waals surface area contributed by atoms with Gasteiger partial charge >= 0.3 is 0 Å². The quantitative estimate of drug-likeness (QED) is 0.829. The SMILES string of the molecule is CC(=O)C1CCCCN1Cc1nnc2n1CCCC2. The Morgan fingerprint density at radius 1 is 1.21 bits per heavy atom. The van der Waals surface area contributed by atoms with Crippen LogP contribution in [0.4, 0.5) is 0 Å². The molecule has 0 spiro atoms. The predicted molar refractivity (Wildman–Crippen MR) is 71.7 cm³/mol. The number of likely N-dealkylation sites (tertiary alicyclic amines) is 1. The molecule has 1 unspecified atom stereocenters. The summed E-state index contributed by atoms with van der Waals surface area (Å²) in [6, 6.07) is 0.0882. The van der Waals surface area contributed by atoms with Crippen LogP contribution in [0.15, 0.2) is 0 Å². The normalized spacial score (nSPS) is 24.2. The van der Waals surface area contributed by atoms with Crippen molar-refractivity contribution < 1.29 is 4.79 Å². The van der Waals surface area contributed by atoms with Crippen LogP contribution in [0.25, 0.3) is 0 Å². The highest BCUT2D eigenvalue weighted by molar-refractivity contribution is 5.81. The summed E-state index contributed by atoms with van der Waals surface area (Å²) in [5.41, 5.74) is 0. The van der Waals surface area contributed by atoms with Crippen LogP contribution in [-0.2, 0) is 24.3 Å². The van der Waals surface area contributed by atoms with Gasteiger partial charge in [-0.1, -0.05) is 6.42 Å². The predicted octanol–water partition coefficient (Wildman–Crippen LogP) is 1.56. The lowest BCUT2D eigenvalue weighted by molar-refractivity contribution is -0.123. The molecule has 0 saturated carbocycles. The number of carbonyl (C=O) groups is 1. The van der Waals surface area contributed by atoms with E-state index in [-0.39, 0.29) is 11.8 Å². The van der Waals surface area contributed by atoms with Crippen LogP contribution in [0, 0.1) is 0 Å². The zero-order valence-electron chi connectivity index (χ0n) is 11.6. The van der Waals surface area contributed by atoms with Crippen molar-refractivity contribution in [3.8, 4) is 0 Å². The number of Topliss-reactive ketones (excluding diaryl/α,β-unsaturated/α-hetero) is 1. The van der Waals surface area contributed by atoms with Crippen LogP contribution in [0.1, 0.15) is 50.7 Å². The minimum atomic E-state index is 0.0882. The summed E-state index contributed by atoms with van der Waals surface area (Å²) in [5, 5.41) is 8.64. The van der Waals surface area contributed by atoms with E-state index in [0.717, 1.165) is 44.1 Å². The van der Waals surface area contributed by atoms with Crippen LogP contribution < -0.4 is 0 Å². The molecule has 2 aliphatic rings. The van der Waals surface area contributed by atoms with E-state index in [4.69, 9.17) is 0 Å². The maximum atomic E-state index is 11.7. The largest absolute Gasteiger partial charge is 0.314 e. The fourth-order valence-electron chi connectivity index (χ4n) is 3.31. The first-order valence-corrected chi connectivity index (χ1v) is 7.41. The van der Waals surface area contributed by atoms with Gasteiger partial charge in [-0.3, -0.25) is 9.69 Å². The Labute approximate surface area is 114 Å². The van der Waals surface area contributed by atoms with Crippen molar-refractivity contribution in [1.29, 1.82) is 0 Å². The molecule has 3 heterocycles. The molecule has 0 N–H and O–H groups in total. The molecule has 0 aliphatic carbocycles. The summed E-state index contributed by atoms with van der Waals surface area (Å²) in [6.07, 6.45) is 6.83. The maximum absolute atomic E-state index is 11.7. The van der Waals surface area contributed by atoms with E-state index < -0.39 is 0 Å². The van der Waals surface area contributed by atoms with Crippen molar-refractivity contribution in [3.63, 3.8) is 0 Å². The number of hydrogen-bond donors (Lipinski definition) is 0. The van der Waals surface area contributed by atoms with Gasteiger partial charge < -0.3 is 4.57 Å². The molecule has 104 valence electrons. The second kappa shape index (κ2) is 5.41. The van der Waals surface area contributed by atoms with Gasteiger partial charge in [-0.05, 0) is 39.2 Å². The Kier molecular flexibility index (Phi) is 3.64. The van der Waals surface area contributed by atoms with Gasteiger partial charge in [-0.25, -0.2) is 0 Å². The molecule has 19 heavy (non-hydrogen) atoms. The number of aryl methyl sites for hydroxylation is 1. The average Bonchev–Trinajstić information content (AvgIpc) is 2.83. The zero-order chi connectivity index (χ0) is 13.2. The third-order valence-corrected chi connectivity index (χ3v) is 4.36. The number of rotatable bonds is 3. The summed E-state index contributed by atoms with van der Waals surface area (Å²) in [6.45, 7) is 4.53. The average molecular weight is 262 g/mol. The van der Waals surface area contributed by atoms with Gasteiger partial charge in [0, 0.05) is 13.0 Å². The van der Waals surface area contributed by atoms with E-state index in [1.54, 1.807) is 6.92 Å². The molecule has 1 saturated heterocycles. The second-order valence-electron chi connectivity index (χ2n) is 5.73. The Hall–Kier alpha value is -1.23. The number of ketones is 1. The molecule has 1 aromatic heterocycles. The van der Waals surface area contributed by atoms with Crippen molar-refractivity contribution in [2.45, 2.75) is 64.6 Å². The highest BCUT2D eigenvalue weighted by Gasteiger charge is 2.28.